The first kappa shape index (κ1) is 67.1. The SMILES string of the molecule is COc1ccc(Br)cn1.COc1ccc(C(=C(C)C)c2ccc(CC(=O)c3cncc(F)c3C)nc2)cn1.COc1ccc(C(=C(C)C)c2ccc(N)nc2)cn1.Cc1c(F)cncc1C(=O)O.Cc1ccc(C)n1-c1ccc(C(=O)C(C)C)cn1. The number of methoxy groups -OCH3 is 3. The number of aromatic carboxylic acids is 1. The minimum atomic E-state index is -1.16. The van der Waals surface area contributed by atoms with Gasteiger partial charge in [-0.15, -0.1) is 0 Å². The number of anilines is 1. The molecule has 0 aliphatic carbocycles. The van der Waals surface area contributed by atoms with Crippen LogP contribution in [0.2, 0.25) is 0 Å². The number of Topliss-reactive ketones (excluding diaryl/α,β-unsaturated/α-hetero) is 2. The molecular formula is C66H69BrF2N10O7. The molecule has 9 rings (SSSR count). The highest BCUT2D eigenvalue weighted by molar-refractivity contribution is 9.10. The number of halogens is 3. The quantitative estimate of drug-likeness (QED) is 0.0963. The molecule has 86 heavy (non-hydrogen) atoms. The predicted molar refractivity (Wildman–Crippen MR) is 333 cm³/mol. The molecule has 0 aliphatic heterocycles. The maximum atomic E-state index is 13.7. The fraction of sp³-hybridized carbons (Fsp3) is 0.227. The Balaban J connectivity index is 0.000000208. The molecular weight excluding hydrogens is 1160 g/mol. The van der Waals surface area contributed by atoms with E-state index in [0.717, 1.165) is 79.2 Å². The van der Waals surface area contributed by atoms with Crippen molar-refractivity contribution in [3.8, 4) is 23.5 Å². The molecule has 0 aliphatic rings. The van der Waals surface area contributed by atoms with Gasteiger partial charge in [0.1, 0.15) is 23.3 Å². The van der Waals surface area contributed by atoms with E-state index in [1.807, 2.05) is 102 Å². The number of pyridine rings is 8. The van der Waals surface area contributed by atoms with Crippen molar-refractivity contribution in [1.82, 2.24) is 44.4 Å². The summed E-state index contributed by atoms with van der Waals surface area (Å²) >= 11 is 3.26. The molecule has 0 aromatic carbocycles. The Morgan fingerprint density at radius 2 is 0.965 bits per heavy atom. The van der Waals surface area contributed by atoms with Gasteiger partial charge in [-0.05, 0) is 149 Å². The number of nitrogens with zero attached hydrogens (tertiary/aromatic N) is 9. The van der Waals surface area contributed by atoms with Crippen LogP contribution in [0.3, 0.4) is 0 Å². The zero-order valence-corrected chi connectivity index (χ0v) is 51.9. The smallest absolute Gasteiger partial charge is 0.337 e. The number of hydrogen-bond donors (Lipinski definition) is 2. The molecule has 20 heteroatoms. The summed E-state index contributed by atoms with van der Waals surface area (Å²) in [4.78, 5) is 67.3. The number of nitrogen functional groups attached to an aromatic ring is 1. The summed E-state index contributed by atoms with van der Waals surface area (Å²) < 4.78 is 44.3. The van der Waals surface area contributed by atoms with E-state index in [2.05, 4.69) is 86.3 Å². The number of ketones is 2. The Labute approximate surface area is 508 Å². The summed E-state index contributed by atoms with van der Waals surface area (Å²) in [6.45, 7) is 19.0. The van der Waals surface area contributed by atoms with E-state index < -0.39 is 17.6 Å². The minimum absolute atomic E-state index is 0.00713. The lowest BCUT2D eigenvalue weighted by Gasteiger charge is -2.12. The van der Waals surface area contributed by atoms with Crippen molar-refractivity contribution in [3.63, 3.8) is 0 Å². The topological polar surface area (TPSA) is 233 Å². The first-order valence-corrected chi connectivity index (χ1v) is 27.6. The Morgan fingerprint density at radius 1 is 0.535 bits per heavy atom. The molecule has 3 N–H and O–H groups in total. The van der Waals surface area contributed by atoms with Gasteiger partial charge >= 0.3 is 5.97 Å². The molecule has 0 spiro atoms. The lowest BCUT2D eigenvalue weighted by Crippen LogP contribution is -2.09. The molecule has 9 heterocycles. The summed E-state index contributed by atoms with van der Waals surface area (Å²) in [5, 5.41) is 8.48. The number of rotatable bonds is 14. The lowest BCUT2D eigenvalue weighted by molar-refractivity contribution is 0.0694. The van der Waals surface area contributed by atoms with Crippen LogP contribution in [0.4, 0.5) is 14.6 Å². The fourth-order valence-corrected chi connectivity index (χ4v) is 8.52. The van der Waals surface area contributed by atoms with Gasteiger partial charge in [-0.3, -0.25) is 24.5 Å². The number of carboxylic acid groups (broad SMARTS) is 1. The van der Waals surface area contributed by atoms with Crippen LogP contribution in [-0.4, -0.2) is 88.4 Å². The minimum Gasteiger partial charge on any atom is -0.481 e. The Kier molecular flexibility index (Phi) is 25.3. The molecule has 9 aromatic rings. The van der Waals surface area contributed by atoms with Gasteiger partial charge in [0.05, 0.1) is 45.7 Å². The number of carbonyl (C=O) groups is 3. The molecule has 9 aromatic heterocycles. The highest BCUT2D eigenvalue weighted by Gasteiger charge is 2.17. The van der Waals surface area contributed by atoms with Crippen LogP contribution in [-0.2, 0) is 6.42 Å². The van der Waals surface area contributed by atoms with Crippen LogP contribution in [0.5, 0.6) is 17.6 Å². The largest absolute Gasteiger partial charge is 0.481 e. The van der Waals surface area contributed by atoms with Crippen molar-refractivity contribution in [2.75, 3.05) is 27.1 Å². The zero-order chi connectivity index (χ0) is 63.2. The maximum Gasteiger partial charge on any atom is 0.337 e. The molecule has 0 radical (unpaired) electrons. The molecule has 0 unspecified atom stereocenters. The van der Waals surface area contributed by atoms with Crippen molar-refractivity contribution < 1.29 is 42.5 Å². The highest BCUT2D eigenvalue weighted by atomic mass is 79.9. The van der Waals surface area contributed by atoms with Gasteiger partial charge in [-0.2, -0.15) is 0 Å². The molecule has 0 bridgehead atoms. The van der Waals surface area contributed by atoms with Crippen LogP contribution in [0.15, 0.2) is 163 Å². The van der Waals surface area contributed by atoms with Crippen molar-refractivity contribution in [2.24, 2.45) is 5.92 Å². The van der Waals surface area contributed by atoms with Crippen molar-refractivity contribution >= 4 is 50.4 Å². The molecule has 0 amide bonds. The van der Waals surface area contributed by atoms with Gasteiger partial charge in [0.15, 0.2) is 11.6 Å². The van der Waals surface area contributed by atoms with E-state index in [1.54, 1.807) is 77.6 Å². The number of aromatic nitrogens is 9. The summed E-state index contributed by atoms with van der Waals surface area (Å²) in [5.74, 6) is 0.862. The molecule has 0 fully saturated rings. The highest BCUT2D eigenvalue weighted by Crippen LogP contribution is 2.29. The van der Waals surface area contributed by atoms with E-state index >= 15 is 0 Å². The van der Waals surface area contributed by atoms with Crippen molar-refractivity contribution in [1.29, 1.82) is 0 Å². The third-order valence-electron chi connectivity index (χ3n) is 12.8. The summed E-state index contributed by atoms with van der Waals surface area (Å²) in [6, 6.07) is 26.7. The Morgan fingerprint density at radius 3 is 1.34 bits per heavy atom. The zero-order valence-electron chi connectivity index (χ0n) is 50.3. The normalized spacial score (nSPS) is 10.2. The summed E-state index contributed by atoms with van der Waals surface area (Å²) in [7, 11) is 4.78. The van der Waals surface area contributed by atoms with E-state index in [1.165, 1.54) is 18.7 Å². The van der Waals surface area contributed by atoms with Crippen molar-refractivity contribution in [3.05, 3.63) is 241 Å². The first-order valence-electron chi connectivity index (χ1n) is 26.8. The summed E-state index contributed by atoms with van der Waals surface area (Å²) in [6.07, 6.45) is 15.1. The predicted octanol–water partition coefficient (Wildman–Crippen LogP) is 13.9. The molecule has 17 nitrogen and oxygen atoms in total. The van der Waals surface area contributed by atoms with Gasteiger partial charge in [0.25, 0.3) is 0 Å². The molecule has 0 saturated heterocycles. The van der Waals surface area contributed by atoms with E-state index in [0.29, 0.717) is 40.3 Å². The second kappa shape index (κ2) is 32.4. The fourth-order valence-electron chi connectivity index (χ4n) is 8.28. The Bertz CT molecular complexity index is 3760. The average Bonchev–Trinajstić information content (AvgIpc) is 2.90. The second-order valence-electron chi connectivity index (χ2n) is 19.8. The van der Waals surface area contributed by atoms with Gasteiger partial charge < -0.3 is 29.6 Å². The third-order valence-corrected chi connectivity index (χ3v) is 13.3. The van der Waals surface area contributed by atoms with Crippen LogP contribution >= 0.6 is 15.9 Å². The van der Waals surface area contributed by atoms with Crippen LogP contribution in [0.25, 0.3) is 17.0 Å². The number of carbonyl (C=O) groups excluding carboxylic acids is 2. The maximum absolute atomic E-state index is 13.7. The van der Waals surface area contributed by atoms with Crippen LogP contribution in [0, 0.1) is 45.2 Å². The van der Waals surface area contributed by atoms with Gasteiger partial charge in [-0.1, -0.05) is 31.1 Å². The van der Waals surface area contributed by atoms with E-state index in [-0.39, 0.29) is 40.6 Å². The van der Waals surface area contributed by atoms with E-state index in [4.69, 9.17) is 25.1 Å². The van der Waals surface area contributed by atoms with Crippen LogP contribution < -0.4 is 19.9 Å². The average molecular weight is 1230 g/mol. The molecule has 0 atom stereocenters. The van der Waals surface area contributed by atoms with Crippen molar-refractivity contribution in [2.45, 2.75) is 75.7 Å². The Hall–Kier alpha value is -9.69. The number of allylic oxidation sites excluding steroid dienone is 2. The number of aryl methyl sites for hydroxylation is 2. The van der Waals surface area contributed by atoms with Gasteiger partial charge in [0, 0.05) is 134 Å². The third kappa shape index (κ3) is 18.9. The number of hydrogen-bond acceptors (Lipinski definition) is 15. The first-order chi connectivity index (χ1) is 41.0. The van der Waals surface area contributed by atoms with E-state index in [9.17, 15) is 23.2 Å². The van der Waals surface area contributed by atoms with Gasteiger partial charge in [0.2, 0.25) is 17.6 Å². The lowest BCUT2D eigenvalue weighted by atomic mass is 9.96. The number of ether oxygens (including phenoxy) is 3. The number of nitrogens with two attached hydrogens (primary N) is 1. The second-order valence-corrected chi connectivity index (χ2v) is 20.7. The van der Waals surface area contributed by atoms with Gasteiger partial charge in [-0.25, -0.2) is 38.5 Å². The summed E-state index contributed by atoms with van der Waals surface area (Å²) in [5.41, 5.74) is 18.2. The molecule has 0 saturated carbocycles. The standard InChI is InChI=1S/C23H22FN3O2.C15H17N3O.C15H18N2O.C7H6FNO2.C6H6BrNO/c1-14(2)23(17-6-8-22(29-4)27-11-17)16-5-7-18(26-10-16)9-21(28)19-12-25-13-20(24)15(19)3;1-10(2)15(11-4-6-13(16)17-8-11)12-5-7-14(19-3)18-9-12;1-10(2)15(18)13-7-8-14(16-9-13)17-11(3)5-6-12(17)4;1-4-5(7(10)11)2-9-3-6(4)8;1-9-6-3-2-5(7)4-8-6/h5-8,10-13H,9H2,1-4H3;4-9H,1-3H3,(H2,16,17);5-10H,1-4H3;2-3H,1H3,(H,10,11);2-4H,1H3. The molecule has 446 valence electrons. The monoisotopic (exact) mass is 1230 g/mol. The van der Waals surface area contributed by atoms with Crippen LogP contribution in [0.1, 0.15) is 123 Å². The number of carboxylic acids is 1.